The third-order valence-corrected chi connectivity index (χ3v) is 4.98. The zero-order valence-corrected chi connectivity index (χ0v) is 14.8. The molecule has 1 aliphatic rings. The van der Waals surface area contributed by atoms with Crippen molar-refractivity contribution in [3.63, 3.8) is 0 Å². The first-order valence-corrected chi connectivity index (χ1v) is 8.32. The second kappa shape index (κ2) is 5.73. The van der Waals surface area contributed by atoms with Crippen LogP contribution in [0.4, 0.5) is 0 Å². The molecule has 2 N–H and O–H groups in total. The van der Waals surface area contributed by atoms with E-state index >= 15 is 0 Å². The lowest BCUT2D eigenvalue weighted by molar-refractivity contribution is 0.558. The summed E-state index contributed by atoms with van der Waals surface area (Å²) in [5, 5.41) is 0. The quantitative estimate of drug-likeness (QED) is 0.820. The first-order valence-electron chi connectivity index (χ1n) is 8.32. The number of fused-ring (bicyclic) bond motifs is 1. The summed E-state index contributed by atoms with van der Waals surface area (Å²) in [6.45, 7) is 5.22. The molecule has 24 heavy (non-hydrogen) atoms. The molecule has 2 aromatic rings. The summed E-state index contributed by atoms with van der Waals surface area (Å²) in [4.78, 5) is 29.7. The topological polar surface area (TPSA) is 87.8 Å². The molecule has 1 saturated carbocycles. The van der Waals surface area contributed by atoms with Gasteiger partial charge in [-0.15, -0.1) is 0 Å². The predicted molar refractivity (Wildman–Crippen MR) is 94.2 cm³/mol. The van der Waals surface area contributed by atoms with Crippen LogP contribution in [0, 0.1) is 0 Å². The molecule has 0 spiro atoms. The highest BCUT2D eigenvalue weighted by molar-refractivity contribution is 5.71. The zero-order chi connectivity index (χ0) is 17.6. The Hall–Kier alpha value is -2.15. The van der Waals surface area contributed by atoms with Gasteiger partial charge in [0.15, 0.2) is 11.2 Å². The fourth-order valence-corrected chi connectivity index (χ4v) is 3.32. The highest BCUT2D eigenvalue weighted by atomic mass is 16.2. The summed E-state index contributed by atoms with van der Waals surface area (Å²) in [6, 6.07) is 0. The molecule has 7 nitrogen and oxygen atoms in total. The van der Waals surface area contributed by atoms with Crippen LogP contribution in [0.5, 0.6) is 0 Å². The Morgan fingerprint density at radius 1 is 1.25 bits per heavy atom. The lowest BCUT2D eigenvalue weighted by Gasteiger charge is -2.15. The lowest BCUT2D eigenvalue weighted by Crippen LogP contribution is -2.37. The van der Waals surface area contributed by atoms with E-state index in [9.17, 15) is 9.59 Å². The molecule has 1 aliphatic carbocycles. The first kappa shape index (κ1) is 16.7. The van der Waals surface area contributed by atoms with Gasteiger partial charge in [0.25, 0.3) is 5.56 Å². The fourth-order valence-electron chi connectivity index (χ4n) is 3.32. The fraction of sp³-hybridized carbons (Fsp3) is 0.588. The Bertz CT molecular complexity index is 937. The first-order chi connectivity index (χ1) is 11.3. The van der Waals surface area contributed by atoms with Gasteiger partial charge in [-0.25, -0.2) is 9.78 Å². The van der Waals surface area contributed by atoms with Crippen LogP contribution in [-0.2, 0) is 26.1 Å². The van der Waals surface area contributed by atoms with Crippen molar-refractivity contribution in [3.8, 4) is 0 Å². The third-order valence-electron chi connectivity index (χ3n) is 4.98. The van der Waals surface area contributed by atoms with E-state index in [4.69, 9.17) is 10.7 Å². The maximum absolute atomic E-state index is 12.7. The summed E-state index contributed by atoms with van der Waals surface area (Å²) in [7, 11) is 3.17. The van der Waals surface area contributed by atoms with Gasteiger partial charge in [-0.2, -0.15) is 0 Å². The highest BCUT2D eigenvalue weighted by Crippen LogP contribution is 2.50. The van der Waals surface area contributed by atoms with Crippen molar-refractivity contribution in [2.24, 2.45) is 19.8 Å². The maximum Gasteiger partial charge on any atom is 0.332 e. The summed E-state index contributed by atoms with van der Waals surface area (Å²) in [5.41, 5.74) is 7.23. The number of imidazole rings is 1. The average molecular weight is 331 g/mol. The number of aryl methyl sites for hydroxylation is 1. The highest BCUT2D eigenvalue weighted by Gasteiger charge is 2.47. The Kier molecular flexibility index (Phi) is 3.99. The maximum atomic E-state index is 12.7. The number of rotatable bonds is 5. The van der Waals surface area contributed by atoms with Crippen molar-refractivity contribution >= 4 is 11.2 Å². The molecule has 0 saturated heterocycles. The largest absolute Gasteiger partial charge is 0.332 e. The van der Waals surface area contributed by atoms with E-state index in [1.54, 1.807) is 7.05 Å². The van der Waals surface area contributed by atoms with E-state index in [1.165, 1.54) is 17.2 Å². The smallest absolute Gasteiger partial charge is 0.330 e. The third kappa shape index (κ3) is 2.43. The molecule has 7 heteroatoms. The van der Waals surface area contributed by atoms with Gasteiger partial charge in [0.05, 0.1) is 0 Å². The minimum atomic E-state index is -0.352. The van der Waals surface area contributed by atoms with Gasteiger partial charge in [0, 0.05) is 26.1 Å². The van der Waals surface area contributed by atoms with Crippen molar-refractivity contribution in [1.82, 2.24) is 18.7 Å². The van der Waals surface area contributed by atoms with Crippen molar-refractivity contribution in [3.05, 3.63) is 38.3 Å². The van der Waals surface area contributed by atoms with Crippen molar-refractivity contribution in [2.45, 2.75) is 45.1 Å². The Balaban J connectivity index is 2.36. The minimum Gasteiger partial charge on any atom is -0.330 e. The molecular formula is C17H25N5O2. The van der Waals surface area contributed by atoms with Crippen molar-refractivity contribution < 1.29 is 0 Å². The van der Waals surface area contributed by atoms with Gasteiger partial charge >= 0.3 is 5.69 Å². The van der Waals surface area contributed by atoms with E-state index in [0.717, 1.165) is 29.7 Å². The summed E-state index contributed by atoms with van der Waals surface area (Å²) in [5.74, 6) is 0.888. The molecule has 2 aromatic heterocycles. The van der Waals surface area contributed by atoms with Crippen LogP contribution in [0.25, 0.3) is 11.2 Å². The Labute approximate surface area is 140 Å². The molecule has 3 rings (SSSR count). The standard InChI is InChI=1S/C17H25N5O2/c1-11(2)5-10-22-12-13(20(3)16(24)21(4)14(12)23)19-15(22)17(6-7-17)8-9-18/h5H,6-10,18H2,1-4H3. The van der Waals surface area contributed by atoms with Crippen LogP contribution in [-0.4, -0.2) is 25.2 Å². The van der Waals surface area contributed by atoms with Gasteiger partial charge in [-0.1, -0.05) is 11.6 Å². The minimum absolute atomic E-state index is 0.0513. The molecular weight excluding hydrogens is 306 g/mol. The summed E-state index contributed by atoms with van der Waals surface area (Å²) < 4.78 is 4.58. The molecule has 0 aliphatic heterocycles. The Morgan fingerprint density at radius 3 is 2.46 bits per heavy atom. The number of hydrogen-bond donors (Lipinski definition) is 1. The van der Waals surface area contributed by atoms with E-state index in [0.29, 0.717) is 24.3 Å². The molecule has 0 radical (unpaired) electrons. The molecule has 0 aromatic carbocycles. The van der Waals surface area contributed by atoms with Gasteiger partial charge < -0.3 is 10.3 Å². The SMILES string of the molecule is CC(C)=CCn1c(C2(CCN)CC2)nc2c1c(=O)n(C)c(=O)n2C. The number of allylic oxidation sites excluding steroid dienone is 2. The predicted octanol–water partition coefficient (Wildman–Crippen LogP) is 0.780. The van der Waals surface area contributed by atoms with Gasteiger partial charge in [0.2, 0.25) is 0 Å². The number of nitrogens with zero attached hydrogens (tertiary/aromatic N) is 4. The molecule has 130 valence electrons. The van der Waals surface area contributed by atoms with Crippen molar-refractivity contribution in [2.75, 3.05) is 6.54 Å². The summed E-state index contributed by atoms with van der Waals surface area (Å²) in [6.07, 6.45) is 4.97. The van der Waals surface area contributed by atoms with Crippen LogP contribution in [0.3, 0.4) is 0 Å². The number of hydrogen-bond acceptors (Lipinski definition) is 4. The van der Waals surface area contributed by atoms with E-state index in [2.05, 4.69) is 6.08 Å². The van der Waals surface area contributed by atoms with Gasteiger partial charge in [-0.05, 0) is 39.7 Å². The molecule has 0 unspecified atom stereocenters. The van der Waals surface area contributed by atoms with E-state index in [-0.39, 0.29) is 16.7 Å². The van der Waals surface area contributed by atoms with E-state index < -0.39 is 0 Å². The van der Waals surface area contributed by atoms with E-state index in [1.807, 2.05) is 18.4 Å². The average Bonchev–Trinajstić information content (AvgIpc) is 3.21. The van der Waals surface area contributed by atoms with Crippen LogP contribution in [0.1, 0.15) is 38.9 Å². The van der Waals surface area contributed by atoms with Crippen LogP contribution < -0.4 is 17.0 Å². The normalized spacial score (nSPS) is 15.7. The molecule has 0 amide bonds. The monoisotopic (exact) mass is 331 g/mol. The zero-order valence-electron chi connectivity index (χ0n) is 14.8. The number of aromatic nitrogens is 4. The van der Waals surface area contributed by atoms with Crippen LogP contribution in [0.2, 0.25) is 0 Å². The van der Waals surface area contributed by atoms with Crippen LogP contribution >= 0.6 is 0 Å². The number of nitrogens with two attached hydrogens (primary N) is 1. The lowest BCUT2D eigenvalue weighted by atomic mass is 10.0. The van der Waals surface area contributed by atoms with Crippen LogP contribution in [0.15, 0.2) is 21.2 Å². The van der Waals surface area contributed by atoms with Crippen molar-refractivity contribution in [1.29, 1.82) is 0 Å². The summed E-state index contributed by atoms with van der Waals surface area (Å²) >= 11 is 0. The van der Waals surface area contributed by atoms with Gasteiger partial charge in [0.1, 0.15) is 5.82 Å². The molecule has 1 fully saturated rings. The Morgan fingerprint density at radius 2 is 1.92 bits per heavy atom. The molecule has 0 atom stereocenters. The van der Waals surface area contributed by atoms with Gasteiger partial charge in [-0.3, -0.25) is 13.9 Å². The second-order valence-electron chi connectivity index (χ2n) is 7.02. The molecule has 2 heterocycles. The second-order valence-corrected chi connectivity index (χ2v) is 7.02. The molecule has 0 bridgehead atoms.